The number of fused-ring (bicyclic) bond motifs is 2. The highest BCUT2D eigenvalue weighted by atomic mass is 32.1. The van der Waals surface area contributed by atoms with Gasteiger partial charge in [-0.2, -0.15) is 0 Å². The van der Waals surface area contributed by atoms with E-state index >= 15 is 0 Å². The molecule has 0 saturated carbocycles. The Hall–Kier alpha value is -4.99. The van der Waals surface area contributed by atoms with E-state index in [2.05, 4.69) is 22.8 Å². The molecule has 0 bridgehead atoms. The number of carbonyl (C=O) groups excluding carboxylic acids is 3. The zero-order valence-electron chi connectivity index (χ0n) is 26.0. The molecule has 7 nitrogen and oxygen atoms in total. The summed E-state index contributed by atoms with van der Waals surface area (Å²) in [6.07, 6.45) is 2.64. The van der Waals surface area contributed by atoms with Crippen LogP contribution < -0.4 is 20.1 Å². The van der Waals surface area contributed by atoms with E-state index < -0.39 is 0 Å². The second kappa shape index (κ2) is 12.9. The first-order chi connectivity index (χ1) is 23.5. The molecule has 0 aliphatic carbocycles. The molecule has 48 heavy (non-hydrogen) atoms. The minimum Gasteiger partial charge on any atom is -0.491 e. The number of carbonyl (C=O) groups is 3. The van der Waals surface area contributed by atoms with E-state index in [9.17, 15) is 14.4 Å². The number of hydrogen-bond acceptors (Lipinski definition) is 7. The average molecular weight is 673 g/mol. The number of thiophene rings is 2. The molecule has 4 heterocycles. The van der Waals surface area contributed by atoms with Crippen molar-refractivity contribution in [2.45, 2.75) is 37.8 Å². The molecule has 2 fully saturated rings. The minimum absolute atomic E-state index is 0.00972. The molecule has 8 rings (SSSR count). The predicted molar refractivity (Wildman–Crippen MR) is 191 cm³/mol. The molecule has 240 valence electrons. The van der Waals surface area contributed by atoms with Crippen molar-refractivity contribution in [2.24, 2.45) is 0 Å². The maximum atomic E-state index is 15.0. The first-order valence-corrected chi connectivity index (χ1v) is 17.8. The molecule has 2 amide bonds. The van der Waals surface area contributed by atoms with Gasteiger partial charge in [0.1, 0.15) is 24.7 Å². The van der Waals surface area contributed by atoms with E-state index in [0.717, 1.165) is 65.4 Å². The molecule has 0 spiro atoms. The van der Waals surface area contributed by atoms with Crippen LogP contribution in [0.15, 0.2) is 97.1 Å². The number of nitrogens with one attached hydrogen (secondary N) is 2. The minimum atomic E-state index is -0.00972. The van der Waals surface area contributed by atoms with Gasteiger partial charge in [-0.3, -0.25) is 14.4 Å². The summed E-state index contributed by atoms with van der Waals surface area (Å²) in [5, 5.41) is 7.75. The maximum Gasteiger partial charge on any atom is 0.220 e. The third-order valence-corrected chi connectivity index (χ3v) is 11.4. The van der Waals surface area contributed by atoms with E-state index in [-0.39, 0.29) is 29.7 Å². The molecule has 2 aliphatic rings. The molecule has 2 atom stereocenters. The van der Waals surface area contributed by atoms with Crippen molar-refractivity contribution < 1.29 is 23.9 Å². The van der Waals surface area contributed by atoms with E-state index in [1.54, 1.807) is 22.7 Å². The number of hydrogen-bond donors (Lipinski definition) is 2. The third-order valence-electron chi connectivity index (χ3n) is 8.95. The van der Waals surface area contributed by atoms with Crippen LogP contribution in [0.4, 0.5) is 0 Å². The highest BCUT2D eigenvalue weighted by Gasteiger charge is 2.28. The monoisotopic (exact) mass is 672 g/mol. The molecule has 2 aliphatic heterocycles. The highest BCUT2D eigenvalue weighted by molar-refractivity contribution is 7.23. The van der Waals surface area contributed by atoms with Crippen LogP contribution in [0.5, 0.6) is 11.5 Å². The van der Waals surface area contributed by atoms with Gasteiger partial charge >= 0.3 is 0 Å². The molecule has 2 aromatic heterocycles. The number of ketones is 1. The standard InChI is InChI=1S/C39H32N2O5S2/c42-33-19-13-25(40-33)21-45-27-15-9-23(10-16-27)38-35(29-5-1-3-7-31(29)47-38)37(44)36-30-6-2-4-8-32(30)48-39(36)24-11-17-28(18-12-24)46-22-26-14-20-34(43)41-26/h1-12,15-18,25-26H,13-14,19-22H2,(H,40,42)(H,41,43)/t25-,26-/m1/s1. The molecule has 6 aromatic rings. The Balaban J connectivity index is 1.13. The first kappa shape index (κ1) is 30.4. The van der Waals surface area contributed by atoms with Crippen LogP contribution in [0.3, 0.4) is 0 Å². The van der Waals surface area contributed by atoms with E-state index in [0.29, 0.717) is 37.2 Å². The lowest BCUT2D eigenvalue weighted by Crippen LogP contribution is -2.30. The molecule has 2 N–H and O–H groups in total. The van der Waals surface area contributed by atoms with Crippen LogP contribution in [-0.4, -0.2) is 42.9 Å². The summed E-state index contributed by atoms with van der Waals surface area (Å²) < 4.78 is 14.1. The number of rotatable bonds is 10. The van der Waals surface area contributed by atoms with Crippen molar-refractivity contribution in [3.8, 4) is 32.4 Å². The van der Waals surface area contributed by atoms with Crippen LogP contribution in [0.25, 0.3) is 41.1 Å². The molecule has 4 aromatic carbocycles. The highest BCUT2D eigenvalue weighted by Crippen LogP contribution is 2.45. The molecular formula is C39H32N2O5S2. The maximum absolute atomic E-state index is 15.0. The Morgan fingerprint density at radius 2 is 1.02 bits per heavy atom. The second-order valence-corrected chi connectivity index (χ2v) is 14.3. The van der Waals surface area contributed by atoms with Crippen molar-refractivity contribution in [3.63, 3.8) is 0 Å². The molecule has 9 heteroatoms. The lowest BCUT2D eigenvalue weighted by Gasteiger charge is -2.13. The van der Waals surface area contributed by atoms with Gasteiger partial charge in [-0.15, -0.1) is 22.7 Å². The van der Waals surface area contributed by atoms with Crippen LogP contribution in [0, 0.1) is 0 Å². The van der Waals surface area contributed by atoms with Gasteiger partial charge in [0.05, 0.1) is 12.1 Å². The summed E-state index contributed by atoms with van der Waals surface area (Å²) >= 11 is 3.24. The Bertz CT molecular complexity index is 2010. The van der Waals surface area contributed by atoms with Gasteiger partial charge in [0, 0.05) is 53.9 Å². The summed E-state index contributed by atoms with van der Waals surface area (Å²) in [6, 6.07) is 32.0. The lowest BCUT2D eigenvalue weighted by molar-refractivity contribution is -0.120. The molecule has 0 unspecified atom stereocenters. The Morgan fingerprint density at radius 3 is 1.42 bits per heavy atom. The Kier molecular flexibility index (Phi) is 8.16. The van der Waals surface area contributed by atoms with Crippen LogP contribution in [-0.2, 0) is 9.59 Å². The van der Waals surface area contributed by atoms with Crippen LogP contribution >= 0.6 is 22.7 Å². The summed E-state index contributed by atoms with van der Waals surface area (Å²) in [5.41, 5.74) is 3.28. The van der Waals surface area contributed by atoms with Crippen molar-refractivity contribution >= 4 is 60.4 Å². The zero-order chi connectivity index (χ0) is 32.6. The fourth-order valence-corrected chi connectivity index (χ4v) is 8.89. The largest absolute Gasteiger partial charge is 0.491 e. The Labute approximate surface area is 285 Å². The summed E-state index contributed by atoms with van der Waals surface area (Å²) in [6.45, 7) is 0.856. The summed E-state index contributed by atoms with van der Waals surface area (Å²) in [5.74, 6) is 1.58. The number of ether oxygens (including phenoxy) is 2. The topological polar surface area (TPSA) is 93.7 Å². The van der Waals surface area contributed by atoms with E-state index in [1.807, 2.05) is 84.9 Å². The smallest absolute Gasteiger partial charge is 0.220 e. The van der Waals surface area contributed by atoms with Gasteiger partial charge in [-0.1, -0.05) is 36.4 Å². The van der Waals surface area contributed by atoms with Gasteiger partial charge in [0.25, 0.3) is 0 Å². The van der Waals surface area contributed by atoms with Crippen molar-refractivity contribution in [1.29, 1.82) is 0 Å². The Morgan fingerprint density at radius 1 is 0.604 bits per heavy atom. The predicted octanol–water partition coefficient (Wildman–Crippen LogP) is 8.00. The van der Waals surface area contributed by atoms with Crippen molar-refractivity contribution in [3.05, 3.63) is 108 Å². The zero-order valence-corrected chi connectivity index (χ0v) is 27.6. The molecular weight excluding hydrogens is 641 g/mol. The summed E-state index contributed by atoms with van der Waals surface area (Å²) in [4.78, 5) is 39.9. The lowest BCUT2D eigenvalue weighted by atomic mass is 9.94. The molecule has 2 saturated heterocycles. The third kappa shape index (κ3) is 5.95. The van der Waals surface area contributed by atoms with Crippen LogP contribution in [0.2, 0.25) is 0 Å². The molecule has 0 radical (unpaired) electrons. The van der Waals surface area contributed by atoms with E-state index in [1.165, 1.54) is 0 Å². The van der Waals surface area contributed by atoms with E-state index in [4.69, 9.17) is 9.47 Å². The van der Waals surface area contributed by atoms with Crippen LogP contribution in [0.1, 0.15) is 41.6 Å². The summed E-state index contributed by atoms with van der Waals surface area (Å²) in [7, 11) is 0. The normalized spacial score (nSPS) is 17.5. The van der Waals surface area contributed by atoms with Gasteiger partial charge < -0.3 is 20.1 Å². The van der Waals surface area contributed by atoms with Gasteiger partial charge in [0.2, 0.25) is 11.8 Å². The van der Waals surface area contributed by atoms with Gasteiger partial charge in [-0.05, 0) is 84.6 Å². The van der Waals surface area contributed by atoms with Gasteiger partial charge in [0.15, 0.2) is 5.78 Å². The van der Waals surface area contributed by atoms with Gasteiger partial charge in [-0.25, -0.2) is 0 Å². The quantitative estimate of drug-likeness (QED) is 0.144. The fourth-order valence-electron chi connectivity index (χ4n) is 6.48. The fraction of sp³-hybridized carbons (Fsp3) is 0.205. The van der Waals surface area contributed by atoms with Crippen molar-refractivity contribution in [2.75, 3.05) is 13.2 Å². The number of amides is 2. The van der Waals surface area contributed by atoms with Crippen molar-refractivity contribution in [1.82, 2.24) is 10.6 Å². The first-order valence-electron chi connectivity index (χ1n) is 16.1. The average Bonchev–Trinajstić information content (AvgIpc) is 3.91. The number of benzene rings is 4. The second-order valence-electron chi connectivity index (χ2n) is 12.2. The SMILES string of the molecule is O=C1CC[C@H](COc2ccc(-c3sc4ccccc4c3C(=O)c3c(-c4ccc(OC[C@H]5CCC(=O)N5)cc4)sc4ccccc34)cc2)N1.